The van der Waals surface area contributed by atoms with Crippen molar-refractivity contribution in [2.45, 2.75) is 11.8 Å². The summed E-state index contributed by atoms with van der Waals surface area (Å²) in [6.07, 6.45) is 0. The minimum Gasteiger partial charge on any atom is -0.468 e. The second-order valence-corrected chi connectivity index (χ2v) is 4.73. The van der Waals surface area contributed by atoms with E-state index in [1.807, 2.05) is 13.0 Å². The number of halogens is 2. The van der Waals surface area contributed by atoms with Crippen LogP contribution in [0.1, 0.15) is 5.56 Å². The van der Waals surface area contributed by atoms with E-state index < -0.39 is 0 Å². The molecular formula is C10H10Cl2O2S. The Morgan fingerprint density at radius 2 is 2.07 bits per heavy atom. The minimum atomic E-state index is -0.274. The first-order valence-corrected chi connectivity index (χ1v) is 5.94. The summed E-state index contributed by atoms with van der Waals surface area (Å²) in [5.74, 6) is -0.0271. The topological polar surface area (TPSA) is 26.3 Å². The molecule has 0 heterocycles. The molecule has 0 aliphatic carbocycles. The molecule has 0 aromatic heterocycles. The molecule has 82 valence electrons. The fourth-order valence-corrected chi connectivity index (χ4v) is 2.33. The maximum Gasteiger partial charge on any atom is 0.315 e. The number of ether oxygens (including phenoxy) is 1. The fourth-order valence-electron chi connectivity index (χ4n) is 0.937. The molecule has 0 aliphatic heterocycles. The standard InChI is InChI=1S/C10H10Cl2O2S/c1-6-3-9(8(12)4-7(6)11)15-5-10(13)14-2/h3-4H,5H2,1-2H3. The first-order chi connectivity index (χ1) is 7.04. The summed E-state index contributed by atoms with van der Waals surface area (Å²) in [6.45, 7) is 1.89. The molecule has 1 aromatic rings. The van der Waals surface area contributed by atoms with Crippen LogP contribution in [0, 0.1) is 6.92 Å². The Morgan fingerprint density at radius 3 is 2.67 bits per heavy atom. The van der Waals surface area contributed by atoms with Gasteiger partial charge in [-0.25, -0.2) is 0 Å². The van der Waals surface area contributed by atoms with Crippen LogP contribution in [0.25, 0.3) is 0 Å². The van der Waals surface area contributed by atoms with Gasteiger partial charge in [-0.2, -0.15) is 0 Å². The zero-order valence-corrected chi connectivity index (χ0v) is 10.7. The van der Waals surface area contributed by atoms with Gasteiger partial charge in [0.2, 0.25) is 0 Å². The highest BCUT2D eigenvalue weighted by Gasteiger charge is 2.08. The molecular weight excluding hydrogens is 255 g/mol. The van der Waals surface area contributed by atoms with Gasteiger partial charge in [0.15, 0.2) is 0 Å². The predicted molar refractivity (Wildman–Crippen MR) is 63.9 cm³/mol. The second-order valence-electron chi connectivity index (χ2n) is 2.90. The van der Waals surface area contributed by atoms with Gasteiger partial charge in [-0.05, 0) is 24.6 Å². The van der Waals surface area contributed by atoms with Crippen molar-refractivity contribution >= 4 is 40.9 Å². The number of hydrogen-bond acceptors (Lipinski definition) is 3. The van der Waals surface area contributed by atoms with Crippen molar-refractivity contribution in [3.05, 3.63) is 27.7 Å². The Balaban J connectivity index is 2.77. The maximum absolute atomic E-state index is 10.9. The Kier molecular flexibility index (Phi) is 4.77. The smallest absolute Gasteiger partial charge is 0.315 e. The molecule has 0 saturated carbocycles. The Labute approximate surface area is 103 Å². The molecule has 0 atom stereocenters. The van der Waals surface area contributed by atoms with E-state index in [1.54, 1.807) is 6.07 Å². The van der Waals surface area contributed by atoms with Crippen molar-refractivity contribution in [3.8, 4) is 0 Å². The van der Waals surface area contributed by atoms with Crippen LogP contribution in [0.15, 0.2) is 17.0 Å². The summed E-state index contributed by atoms with van der Waals surface area (Å²) in [5, 5.41) is 1.18. The molecule has 0 N–H and O–H groups in total. The summed E-state index contributed by atoms with van der Waals surface area (Å²) in [4.78, 5) is 11.8. The van der Waals surface area contributed by atoms with Crippen LogP contribution in [-0.4, -0.2) is 18.8 Å². The summed E-state index contributed by atoms with van der Waals surface area (Å²) in [6, 6.07) is 3.54. The van der Waals surface area contributed by atoms with E-state index in [-0.39, 0.29) is 11.7 Å². The number of esters is 1. The first-order valence-electron chi connectivity index (χ1n) is 4.20. The highest BCUT2D eigenvalue weighted by Crippen LogP contribution is 2.31. The molecule has 0 spiro atoms. The number of benzene rings is 1. The van der Waals surface area contributed by atoms with Gasteiger partial charge >= 0.3 is 5.97 Å². The summed E-state index contributed by atoms with van der Waals surface area (Å²) in [7, 11) is 1.36. The zero-order valence-electron chi connectivity index (χ0n) is 8.34. The normalized spacial score (nSPS) is 10.1. The van der Waals surface area contributed by atoms with Crippen molar-refractivity contribution in [1.82, 2.24) is 0 Å². The van der Waals surface area contributed by atoms with Gasteiger partial charge in [-0.3, -0.25) is 4.79 Å². The van der Waals surface area contributed by atoms with Gasteiger partial charge in [0.1, 0.15) is 0 Å². The number of carbonyl (C=O) groups is 1. The first kappa shape index (κ1) is 12.7. The summed E-state index contributed by atoms with van der Waals surface area (Å²) in [5.41, 5.74) is 0.938. The van der Waals surface area contributed by atoms with Crippen LogP contribution in [0.5, 0.6) is 0 Å². The van der Waals surface area contributed by atoms with Gasteiger partial charge < -0.3 is 4.74 Å². The molecule has 15 heavy (non-hydrogen) atoms. The summed E-state index contributed by atoms with van der Waals surface area (Å²) >= 11 is 13.2. The lowest BCUT2D eigenvalue weighted by atomic mass is 10.2. The quantitative estimate of drug-likeness (QED) is 0.617. The number of methoxy groups -OCH3 is 1. The highest BCUT2D eigenvalue weighted by atomic mass is 35.5. The van der Waals surface area contributed by atoms with Crippen LogP contribution in [0.3, 0.4) is 0 Å². The van der Waals surface area contributed by atoms with Gasteiger partial charge in [0, 0.05) is 9.92 Å². The SMILES string of the molecule is COC(=O)CSc1cc(C)c(Cl)cc1Cl. The van der Waals surface area contributed by atoms with E-state index >= 15 is 0 Å². The van der Waals surface area contributed by atoms with Gasteiger partial charge in [0.05, 0.1) is 17.9 Å². The molecule has 0 bridgehead atoms. The fraction of sp³-hybridized carbons (Fsp3) is 0.300. The van der Waals surface area contributed by atoms with E-state index in [1.165, 1.54) is 18.9 Å². The molecule has 0 saturated heterocycles. The van der Waals surface area contributed by atoms with E-state index in [0.717, 1.165) is 10.5 Å². The van der Waals surface area contributed by atoms with E-state index in [2.05, 4.69) is 4.74 Å². The van der Waals surface area contributed by atoms with Crippen molar-refractivity contribution in [1.29, 1.82) is 0 Å². The van der Waals surface area contributed by atoms with Gasteiger partial charge in [-0.1, -0.05) is 23.2 Å². The Morgan fingerprint density at radius 1 is 1.40 bits per heavy atom. The van der Waals surface area contributed by atoms with Crippen molar-refractivity contribution in [2.75, 3.05) is 12.9 Å². The number of carbonyl (C=O) groups excluding carboxylic acids is 1. The highest BCUT2D eigenvalue weighted by molar-refractivity contribution is 8.00. The van der Waals surface area contributed by atoms with Crippen molar-refractivity contribution < 1.29 is 9.53 Å². The van der Waals surface area contributed by atoms with Crippen LogP contribution in [0.2, 0.25) is 10.0 Å². The number of rotatable bonds is 3. The minimum absolute atomic E-state index is 0.247. The average molecular weight is 265 g/mol. The van der Waals surface area contributed by atoms with Crippen LogP contribution < -0.4 is 0 Å². The molecule has 1 rings (SSSR count). The molecule has 0 unspecified atom stereocenters. The summed E-state index contributed by atoms with van der Waals surface area (Å²) < 4.78 is 4.54. The molecule has 5 heteroatoms. The third kappa shape index (κ3) is 3.59. The van der Waals surface area contributed by atoms with Crippen molar-refractivity contribution in [3.63, 3.8) is 0 Å². The van der Waals surface area contributed by atoms with Crippen LogP contribution >= 0.6 is 35.0 Å². The molecule has 0 fully saturated rings. The van der Waals surface area contributed by atoms with Crippen LogP contribution in [0.4, 0.5) is 0 Å². The monoisotopic (exact) mass is 264 g/mol. The molecule has 0 radical (unpaired) electrons. The lowest BCUT2D eigenvalue weighted by Gasteiger charge is -2.06. The van der Waals surface area contributed by atoms with E-state index in [4.69, 9.17) is 23.2 Å². The number of thioether (sulfide) groups is 1. The lowest BCUT2D eigenvalue weighted by Crippen LogP contribution is -2.02. The molecule has 0 amide bonds. The molecule has 2 nitrogen and oxygen atoms in total. The number of hydrogen-bond donors (Lipinski definition) is 0. The molecule has 1 aromatic carbocycles. The van der Waals surface area contributed by atoms with Gasteiger partial charge in [0.25, 0.3) is 0 Å². The molecule has 0 aliphatic rings. The largest absolute Gasteiger partial charge is 0.468 e. The average Bonchev–Trinajstić information content (AvgIpc) is 2.21. The second kappa shape index (κ2) is 5.64. The van der Waals surface area contributed by atoms with E-state index in [0.29, 0.717) is 10.0 Å². The van der Waals surface area contributed by atoms with Crippen molar-refractivity contribution in [2.24, 2.45) is 0 Å². The number of aryl methyl sites for hydroxylation is 1. The van der Waals surface area contributed by atoms with E-state index in [9.17, 15) is 4.79 Å². The predicted octanol–water partition coefficient (Wildman–Crippen LogP) is 3.57. The lowest BCUT2D eigenvalue weighted by molar-refractivity contribution is -0.137. The zero-order chi connectivity index (χ0) is 11.4. The Hall–Kier alpha value is -0.380. The third-order valence-corrected chi connectivity index (χ3v) is 3.65. The van der Waals surface area contributed by atoms with Crippen LogP contribution in [-0.2, 0) is 9.53 Å². The van der Waals surface area contributed by atoms with Gasteiger partial charge in [-0.15, -0.1) is 11.8 Å². The third-order valence-electron chi connectivity index (χ3n) is 1.79. The maximum atomic E-state index is 10.9. The Bertz CT molecular complexity index is 380.